The molecule has 1 aliphatic rings. The molecular weight excluding hydrogens is 362 g/mol. The average molecular weight is 396 g/mol. The largest absolute Gasteiger partial charge is 0.369 e. The zero-order chi connectivity index (χ0) is 20.9. The number of piperazine rings is 1. The summed E-state index contributed by atoms with van der Waals surface area (Å²) in [5.74, 6) is 0. The molecule has 2 aromatic heterocycles. The van der Waals surface area contributed by atoms with Gasteiger partial charge in [-0.05, 0) is 29.7 Å². The Hall–Kier alpha value is -2.60. The van der Waals surface area contributed by atoms with Crippen molar-refractivity contribution in [3.8, 4) is 0 Å². The van der Waals surface area contributed by atoms with Crippen LogP contribution in [-0.4, -0.2) is 51.8 Å². The van der Waals surface area contributed by atoms with Crippen molar-refractivity contribution in [3.05, 3.63) is 65.2 Å². The van der Waals surface area contributed by atoms with E-state index >= 15 is 0 Å². The molecule has 156 valence electrons. The van der Waals surface area contributed by atoms with Crippen molar-refractivity contribution >= 4 is 11.3 Å². The zero-order valence-electron chi connectivity index (χ0n) is 18.1. The highest BCUT2D eigenvalue weighted by Gasteiger charge is 2.27. The third kappa shape index (κ3) is 5.07. The molecule has 29 heavy (non-hydrogen) atoms. The summed E-state index contributed by atoms with van der Waals surface area (Å²) in [6.07, 6.45) is 1.77. The van der Waals surface area contributed by atoms with Crippen molar-refractivity contribution in [3.63, 3.8) is 0 Å². The van der Waals surface area contributed by atoms with Crippen LogP contribution in [0.15, 0.2) is 59.5 Å². The lowest BCUT2D eigenvalue weighted by Gasteiger charge is -2.39. The Kier molecular flexibility index (Phi) is 6.75. The van der Waals surface area contributed by atoms with Gasteiger partial charge in [-0.2, -0.15) is 0 Å². The first-order valence-electron chi connectivity index (χ1n) is 10.6. The average Bonchev–Trinajstić information content (AvgIpc) is 3.05. The van der Waals surface area contributed by atoms with Crippen molar-refractivity contribution in [2.45, 2.75) is 34.2 Å². The second-order valence-corrected chi connectivity index (χ2v) is 8.13. The number of para-hydroxylation sites is 1. The van der Waals surface area contributed by atoms with Crippen LogP contribution in [0.25, 0.3) is 5.65 Å². The summed E-state index contributed by atoms with van der Waals surface area (Å²) in [5.41, 5.74) is 1.91. The standard InChI is InChI=1S/C21H27N5O.C2H6/c1-21(2,17-26-20(27)25-11-7-6-10-19(25)22-26)16-23-12-14-24(15-13-23)18-8-4-3-5-9-18;1-2/h3-11H,12-17H2,1-2H3;1-2H3. The Labute approximate surface area is 173 Å². The molecule has 3 aromatic rings. The lowest BCUT2D eigenvalue weighted by atomic mass is 9.92. The van der Waals surface area contributed by atoms with Crippen LogP contribution in [0.1, 0.15) is 27.7 Å². The number of fused-ring (bicyclic) bond motifs is 1. The number of nitrogens with zero attached hydrogens (tertiary/aromatic N) is 5. The van der Waals surface area contributed by atoms with Gasteiger partial charge in [0.05, 0.1) is 6.54 Å². The summed E-state index contributed by atoms with van der Waals surface area (Å²) >= 11 is 0. The second-order valence-electron chi connectivity index (χ2n) is 8.13. The Balaban J connectivity index is 0.00000117. The number of rotatable bonds is 5. The monoisotopic (exact) mass is 395 g/mol. The van der Waals surface area contributed by atoms with E-state index in [-0.39, 0.29) is 11.1 Å². The number of pyridine rings is 1. The van der Waals surface area contributed by atoms with E-state index in [9.17, 15) is 4.79 Å². The number of hydrogen-bond acceptors (Lipinski definition) is 4. The molecule has 1 fully saturated rings. The van der Waals surface area contributed by atoms with Crippen LogP contribution in [0.2, 0.25) is 0 Å². The molecule has 0 aliphatic carbocycles. The highest BCUT2D eigenvalue weighted by Crippen LogP contribution is 2.22. The van der Waals surface area contributed by atoms with Gasteiger partial charge in [0.2, 0.25) is 0 Å². The zero-order valence-corrected chi connectivity index (χ0v) is 18.1. The number of anilines is 1. The van der Waals surface area contributed by atoms with Gasteiger partial charge in [-0.25, -0.2) is 9.48 Å². The molecule has 0 amide bonds. The minimum Gasteiger partial charge on any atom is -0.369 e. The molecule has 0 saturated carbocycles. The molecular formula is C23H33N5O. The van der Waals surface area contributed by atoms with Crippen LogP contribution in [0.4, 0.5) is 5.69 Å². The molecule has 0 atom stereocenters. The molecule has 0 unspecified atom stereocenters. The SMILES string of the molecule is CC.CC(C)(CN1CCN(c2ccccc2)CC1)Cn1nc2ccccn2c1=O. The van der Waals surface area contributed by atoms with Gasteiger partial charge in [0, 0.05) is 44.6 Å². The molecule has 0 N–H and O–H groups in total. The molecule has 0 spiro atoms. The maximum Gasteiger partial charge on any atom is 0.350 e. The first kappa shape index (κ1) is 21.1. The van der Waals surface area contributed by atoms with Gasteiger partial charge in [-0.3, -0.25) is 9.30 Å². The van der Waals surface area contributed by atoms with Crippen LogP contribution < -0.4 is 10.6 Å². The van der Waals surface area contributed by atoms with Gasteiger partial charge in [-0.1, -0.05) is 52.0 Å². The lowest BCUT2D eigenvalue weighted by molar-refractivity contribution is 0.148. The summed E-state index contributed by atoms with van der Waals surface area (Å²) < 4.78 is 3.21. The van der Waals surface area contributed by atoms with Crippen molar-refractivity contribution in [2.24, 2.45) is 5.41 Å². The van der Waals surface area contributed by atoms with Crippen LogP contribution in [0.5, 0.6) is 0 Å². The van der Waals surface area contributed by atoms with Crippen LogP contribution in [-0.2, 0) is 6.54 Å². The number of benzene rings is 1. The van der Waals surface area contributed by atoms with E-state index in [1.54, 1.807) is 15.3 Å². The van der Waals surface area contributed by atoms with E-state index in [0.29, 0.717) is 12.2 Å². The normalized spacial score (nSPS) is 15.2. The van der Waals surface area contributed by atoms with E-state index in [2.05, 4.69) is 59.1 Å². The van der Waals surface area contributed by atoms with Gasteiger partial charge in [0.25, 0.3) is 0 Å². The molecule has 0 bridgehead atoms. The van der Waals surface area contributed by atoms with E-state index in [1.165, 1.54) is 5.69 Å². The quantitative estimate of drug-likeness (QED) is 0.664. The third-order valence-corrected chi connectivity index (χ3v) is 5.21. The summed E-state index contributed by atoms with van der Waals surface area (Å²) in [6, 6.07) is 16.2. The van der Waals surface area contributed by atoms with Crippen molar-refractivity contribution in [1.82, 2.24) is 19.1 Å². The molecule has 1 aliphatic heterocycles. The highest BCUT2D eigenvalue weighted by atomic mass is 16.2. The lowest BCUT2D eigenvalue weighted by Crippen LogP contribution is -2.50. The Morgan fingerprint density at radius 3 is 2.21 bits per heavy atom. The Morgan fingerprint density at radius 2 is 1.55 bits per heavy atom. The fraction of sp³-hybridized carbons (Fsp3) is 0.478. The van der Waals surface area contributed by atoms with Crippen molar-refractivity contribution < 1.29 is 0 Å². The van der Waals surface area contributed by atoms with Crippen LogP contribution in [0.3, 0.4) is 0 Å². The van der Waals surface area contributed by atoms with Crippen LogP contribution in [0, 0.1) is 5.41 Å². The maximum atomic E-state index is 12.5. The van der Waals surface area contributed by atoms with Gasteiger partial charge < -0.3 is 4.90 Å². The highest BCUT2D eigenvalue weighted by molar-refractivity contribution is 5.46. The topological polar surface area (TPSA) is 45.8 Å². The van der Waals surface area contributed by atoms with Gasteiger partial charge in [0.1, 0.15) is 0 Å². The van der Waals surface area contributed by atoms with Gasteiger partial charge in [-0.15, -0.1) is 5.10 Å². The van der Waals surface area contributed by atoms with E-state index in [4.69, 9.17) is 0 Å². The molecule has 1 aromatic carbocycles. The third-order valence-electron chi connectivity index (χ3n) is 5.21. The fourth-order valence-corrected chi connectivity index (χ4v) is 3.93. The smallest absolute Gasteiger partial charge is 0.350 e. The number of aromatic nitrogens is 3. The molecule has 6 heteroatoms. The fourth-order valence-electron chi connectivity index (χ4n) is 3.93. The van der Waals surface area contributed by atoms with E-state index in [0.717, 1.165) is 32.7 Å². The summed E-state index contributed by atoms with van der Waals surface area (Å²) in [6.45, 7) is 14.2. The summed E-state index contributed by atoms with van der Waals surface area (Å²) in [5, 5.41) is 4.48. The van der Waals surface area contributed by atoms with Crippen LogP contribution >= 0.6 is 0 Å². The molecule has 3 heterocycles. The Morgan fingerprint density at radius 1 is 0.897 bits per heavy atom. The summed E-state index contributed by atoms with van der Waals surface area (Å²) in [7, 11) is 0. The molecule has 4 rings (SSSR count). The van der Waals surface area contributed by atoms with E-state index in [1.807, 2.05) is 32.0 Å². The summed E-state index contributed by atoms with van der Waals surface area (Å²) in [4.78, 5) is 17.5. The number of hydrogen-bond donors (Lipinski definition) is 0. The maximum absolute atomic E-state index is 12.5. The van der Waals surface area contributed by atoms with Crippen molar-refractivity contribution in [1.29, 1.82) is 0 Å². The van der Waals surface area contributed by atoms with Gasteiger partial charge >= 0.3 is 5.69 Å². The van der Waals surface area contributed by atoms with Crippen molar-refractivity contribution in [2.75, 3.05) is 37.6 Å². The minimum atomic E-state index is -0.0624. The van der Waals surface area contributed by atoms with Gasteiger partial charge in [0.15, 0.2) is 5.65 Å². The Bertz CT molecular complexity index is 952. The molecule has 6 nitrogen and oxygen atoms in total. The first-order chi connectivity index (χ1) is 14.0. The molecule has 0 radical (unpaired) electrons. The first-order valence-corrected chi connectivity index (χ1v) is 10.6. The predicted octanol–water partition coefficient (Wildman–Crippen LogP) is 3.37. The van der Waals surface area contributed by atoms with E-state index < -0.39 is 0 Å². The second kappa shape index (κ2) is 9.27. The predicted molar refractivity (Wildman–Crippen MR) is 120 cm³/mol. The minimum absolute atomic E-state index is 0.0311. The molecule has 1 saturated heterocycles.